The van der Waals surface area contributed by atoms with Crippen molar-refractivity contribution in [3.63, 3.8) is 0 Å². The number of hydrogen-bond donors (Lipinski definition) is 4. The molecule has 4 rings (SSSR count). The zero-order valence-corrected chi connectivity index (χ0v) is 16.0. The molecule has 29 heavy (non-hydrogen) atoms. The lowest BCUT2D eigenvalue weighted by Gasteiger charge is -2.06. The number of amides is 1. The maximum atomic E-state index is 12.2. The van der Waals surface area contributed by atoms with Crippen molar-refractivity contribution in [2.75, 3.05) is 5.32 Å². The van der Waals surface area contributed by atoms with Crippen LogP contribution in [0.3, 0.4) is 0 Å². The largest absolute Gasteiger partial charge is 0.508 e. The Bertz CT molecular complexity index is 1110. The molecule has 4 N–H and O–H groups in total. The van der Waals surface area contributed by atoms with Crippen molar-refractivity contribution < 1.29 is 15.0 Å². The number of aromatic hydroxyl groups is 2. The molecular weight excluding hydrogens is 386 g/mol. The monoisotopic (exact) mass is 403 g/mol. The van der Waals surface area contributed by atoms with Gasteiger partial charge in [0.15, 0.2) is 5.17 Å². The van der Waals surface area contributed by atoms with Crippen LogP contribution < -0.4 is 10.6 Å². The second-order valence-electron chi connectivity index (χ2n) is 6.26. The molecule has 144 valence electrons. The van der Waals surface area contributed by atoms with Crippen molar-refractivity contribution >= 4 is 46.0 Å². The van der Waals surface area contributed by atoms with Crippen LogP contribution in [0, 0.1) is 0 Å². The van der Waals surface area contributed by atoms with Crippen LogP contribution in [0.1, 0.15) is 5.56 Å². The zero-order chi connectivity index (χ0) is 20.2. The molecule has 0 unspecified atom stereocenters. The van der Waals surface area contributed by atoms with Gasteiger partial charge >= 0.3 is 0 Å². The third kappa shape index (κ3) is 4.59. The molecule has 6 nitrogen and oxygen atoms in total. The quantitative estimate of drug-likeness (QED) is 0.473. The molecule has 1 saturated heterocycles. The van der Waals surface area contributed by atoms with Gasteiger partial charge in [0, 0.05) is 23.0 Å². The van der Waals surface area contributed by atoms with Gasteiger partial charge in [-0.25, -0.2) is 4.99 Å². The maximum absolute atomic E-state index is 12.2. The molecular formula is C22H17N3O3S. The highest BCUT2D eigenvalue weighted by molar-refractivity contribution is 8.18. The first-order chi connectivity index (χ1) is 14.1. The summed E-state index contributed by atoms with van der Waals surface area (Å²) in [6, 6.07) is 21.6. The van der Waals surface area contributed by atoms with Gasteiger partial charge < -0.3 is 20.8 Å². The second-order valence-corrected chi connectivity index (χ2v) is 7.29. The number of para-hydroxylation sites is 1. The summed E-state index contributed by atoms with van der Waals surface area (Å²) in [6.45, 7) is 0. The van der Waals surface area contributed by atoms with Gasteiger partial charge in [-0.1, -0.05) is 18.2 Å². The summed E-state index contributed by atoms with van der Waals surface area (Å²) in [5.41, 5.74) is 3.09. The highest BCUT2D eigenvalue weighted by Crippen LogP contribution is 2.31. The molecule has 1 fully saturated rings. The van der Waals surface area contributed by atoms with Crippen molar-refractivity contribution in [3.8, 4) is 11.5 Å². The molecule has 3 aromatic carbocycles. The normalized spacial score (nSPS) is 16.2. The summed E-state index contributed by atoms with van der Waals surface area (Å²) in [6.07, 6.45) is 1.56. The summed E-state index contributed by atoms with van der Waals surface area (Å²) in [7, 11) is 0. The number of hydrogen-bond acceptors (Lipinski definition) is 6. The SMILES string of the molecule is O=C1NC(=Nc2ccc(Nc3ccccc3)cc2)S/C1=C\c1ccc(O)cc1O. The van der Waals surface area contributed by atoms with Crippen LogP contribution in [0.25, 0.3) is 6.08 Å². The number of aliphatic imine (C=N–C) groups is 1. The first kappa shape index (κ1) is 18.6. The molecule has 0 radical (unpaired) electrons. The maximum Gasteiger partial charge on any atom is 0.264 e. The number of benzene rings is 3. The van der Waals surface area contributed by atoms with Gasteiger partial charge in [-0.2, -0.15) is 0 Å². The fourth-order valence-electron chi connectivity index (χ4n) is 2.70. The Morgan fingerprint density at radius 1 is 0.931 bits per heavy atom. The zero-order valence-electron chi connectivity index (χ0n) is 15.2. The van der Waals surface area contributed by atoms with E-state index < -0.39 is 0 Å². The Balaban J connectivity index is 1.48. The molecule has 7 heteroatoms. The van der Waals surface area contributed by atoms with Crippen molar-refractivity contribution in [2.45, 2.75) is 0 Å². The van der Waals surface area contributed by atoms with Gasteiger partial charge in [0.2, 0.25) is 0 Å². The van der Waals surface area contributed by atoms with Crippen molar-refractivity contribution in [3.05, 3.63) is 83.3 Å². The highest BCUT2D eigenvalue weighted by atomic mass is 32.2. The predicted octanol–water partition coefficient (Wildman–Crippen LogP) is 4.73. The van der Waals surface area contributed by atoms with Crippen molar-refractivity contribution in [1.29, 1.82) is 0 Å². The van der Waals surface area contributed by atoms with E-state index in [1.165, 1.54) is 23.9 Å². The molecule has 0 aliphatic carbocycles. The summed E-state index contributed by atoms with van der Waals surface area (Å²) >= 11 is 1.19. The average molecular weight is 403 g/mol. The lowest BCUT2D eigenvalue weighted by atomic mass is 10.2. The van der Waals surface area contributed by atoms with E-state index in [4.69, 9.17) is 0 Å². The van der Waals surface area contributed by atoms with E-state index in [1.54, 1.807) is 12.1 Å². The van der Waals surface area contributed by atoms with Gasteiger partial charge in [0.1, 0.15) is 11.5 Å². The number of anilines is 2. The standard InChI is InChI=1S/C22H17N3O3S/c26-18-11-6-14(19(27)13-18)12-20-21(28)25-22(29-20)24-17-9-7-16(8-10-17)23-15-4-2-1-3-5-15/h1-13,23,26-27H,(H,24,25,28)/b20-12-. The van der Waals surface area contributed by atoms with E-state index in [-0.39, 0.29) is 17.4 Å². The molecule has 3 aromatic rings. The van der Waals surface area contributed by atoms with Crippen LogP contribution in [-0.4, -0.2) is 21.3 Å². The summed E-state index contributed by atoms with van der Waals surface area (Å²) < 4.78 is 0. The first-order valence-electron chi connectivity index (χ1n) is 8.80. The van der Waals surface area contributed by atoms with Crippen molar-refractivity contribution in [2.24, 2.45) is 4.99 Å². The third-order valence-electron chi connectivity index (χ3n) is 4.11. The van der Waals surface area contributed by atoms with Gasteiger partial charge in [-0.05, 0) is 66.4 Å². The Morgan fingerprint density at radius 3 is 2.38 bits per heavy atom. The fourth-order valence-corrected chi connectivity index (χ4v) is 3.53. The van der Waals surface area contributed by atoms with Gasteiger partial charge in [-0.15, -0.1) is 0 Å². The minimum absolute atomic E-state index is 0.0411. The van der Waals surface area contributed by atoms with E-state index in [1.807, 2.05) is 54.6 Å². The summed E-state index contributed by atoms with van der Waals surface area (Å²) in [5, 5.41) is 25.7. The fraction of sp³-hybridized carbons (Fsp3) is 0. The number of phenols is 2. The van der Waals surface area contributed by atoms with Crippen molar-refractivity contribution in [1.82, 2.24) is 5.32 Å². The number of carbonyl (C=O) groups is 1. The number of rotatable bonds is 4. The van der Waals surface area contributed by atoms with Crippen LogP contribution in [0.2, 0.25) is 0 Å². The Labute approximate surface area is 171 Å². The Hall–Kier alpha value is -3.71. The molecule has 0 spiro atoms. The van der Waals surface area contributed by atoms with Crippen LogP contribution in [0.15, 0.2) is 82.7 Å². The van der Waals surface area contributed by atoms with Gasteiger partial charge in [0.05, 0.1) is 10.6 Å². The second kappa shape index (κ2) is 8.12. The van der Waals surface area contributed by atoms with E-state index in [0.29, 0.717) is 21.3 Å². The lowest BCUT2D eigenvalue weighted by Crippen LogP contribution is -2.19. The molecule has 1 heterocycles. The Morgan fingerprint density at radius 2 is 1.66 bits per heavy atom. The predicted molar refractivity (Wildman–Crippen MR) is 117 cm³/mol. The minimum atomic E-state index is -0.288. The number of nitrogens with one attached hydrogen (secondary N) is 2. The van der Waals surface area contributed by atoms with Gasteiger partial charge in [-0.3, -0.25) is 4.79 Å². The topological polar surface area (TPSA) is 94.0 Å². The van der Waals surface area contributed by atoms with E-state index in [9.17, 15) is 15.0 Å². The van der Waals surface area contributed by atoms with Crippen LogP contribution in [0.4, 0.5) is 17.1 Å². The van der Waals surface area contributed by atoms with E-state index in [0.717, 1.165) is 11.4 Å². The number of nitrogens with zero attached hydrogens (tertiary/aromatic N) is 1. The van der Waals surface area contributed by atoms with Crippen LogP contribution >= 0.6 is 11.8 Å². The first-order valence-corrected chi connectivity index (χ1v) is 9.62. The lowest BCUT2D eigenvalue weighted by molar-refractivity contribution is -0.115. The van der Waals surface area contributed by atoms with E-state index >= 15 is 0 Å². The average Bonchev–Trinajstić information content (AvgIpc) is 3.05. The number of carbonyl (C=O) groups excluding carboxylic acids is 1. The minimum Gasteiger partial charge on any atom is -0.508 e. The molecule has 0 bridgehead atoms. The smallest absolute Gasteiger partial charge is 0.264 e. The number of amidine groups is 1. The third-order valence-corrected chi connectivity index (χ3v) is 5.02. The van der Waals surface area contributed by atoms with E-state index in [2.05, 4.69) is 15.6 Å². The molecule has 0 atom stereocenters. The summed E-state index contributed by atoms with van der Waals surface area (Å²) in [4.78, 5) is 17.1. The molecule has 1 aliphatic rings. The van der Waals surface area contributed by atoms with Gasteiger partial charge in [0.25, 0.3) is 5.91 Å². The Kier molecular flexibility index (Phi) is 5.22. The molecule has 0 saturated carbocycles. The van der Waals surface area contributed by atoms with Crippen LogP contribution in [0.5, 0.6) is 11.5 Å². The number of thioether (sulfide) groups is 1. The molecule has 1 amide bonds. The molecule has 0 aromatic heterocycles. The van der Waals surface area contributed by atoms with Crippen LogP contribution in [-0.2, 0) is 4.79 Å². The number of phenolic OH excluding ortho intramolecular Hbond substituents is 2. The molecule has 1 aliphatic heterocycles. The highest BCUT2D eigenvalue weighted by Gasteiger charge is 2.24. The summed E-state index contributed by atoms with van der Waals surface area (Å²) in [5.74, 6) is -0.429.